The van der Waals surface area contributed by atoms with E-state index in [1.54, 1.807) is 0 Å². The van der Waals surface area contributed by atoms with Crippen LogP contribution in [0.3, 0.4) is 0 Å². The molecule has 0 spiro atoms. The van der Waals surface area contributed by atoms with Gasteiger partial charge in [-0.3, -0.25) is 0 Å². The number of carbonyl (C=O) groups is 1. The number of methoxy groups -OCH3 is 1. The fourth-order valence-corrected chi connectivity index (χ4v) is 1.62. The molecule has 20 heavy (non-hydrogen) atoms. The summed E-state index contributed by atoms with van der Waals surface area (Å²) in [4.78, 5) is 14.8. The van der Waals surface area contributed by atoms with E-state index in [4.69, 9.17) is 0 Å². The van der Waals surface area contributed by atoms with Crippen LogP contribution < -0.4 is 0 Å². The first-order valence-corrected chi connectivity index (χ1v) is 5.39. The number of esters is 1. The zero-order valence-electron chi connectivity index (χ0n) is 10.6. The molecule has 0 aliphatic carbocycles. The number of imidazole rings is 1. The zero-order chi connectivity index (χ0) is 15.6. The van der Waals surface area contributed by atoms with Gasteiger partial charge in [0.25, 0.3) is 5.60 Å². The van der Waals surface area contributed by atoms with Crippen molar-refractivity contribution in [1.82, 2.24) is 9.55 Å². The van der Waals surface area contributed by atoms with Crippen LogP contribution in [0.25, 0.3) is 0 Å². The van der Waals surface area contributed by atoms with Crippen LogP contribution in [-0.2, 0) is 21.7 Å². The number of rotatable bonds is 5. The van der Waals surface area contributed by atoms with Crippen LogP contribution in [0.1, 0.15) is 5.82 Å². The first-order valence-electron chi connectivity index (χ1n) is 5.39. The molecule has 0 aromatic carbocycles. The third-order valence-electron chi connectivity index (χ3n) is 2.64. The van der Waals surface area contributed by atoms with Crippen LogP contribution >= 0.6 is 0 Å². The Bertz CT molecular complexity index is 536. The number of aliphatic hydroxyl groups is 1. The van der Waals surface area contributed by atoms with Gasteiger partial charge < -0.3 is 14.4 Å². The molecule has 1 N–H and O–H groups in total. The minimum Gasteiger partial charge on any atom is -0.466 e. The molecule has 1 heterocycles. The predicted molar refractivity (Wildman–Crippen MR) is 63.5 cm³/mol. The van der Waals surface area contributed by atoms with Gasteiger partial charge in [-0.2, -0.15) is 13.2 Å². The summed E-state index contributed by atoms with van der Waals surface area (Å²) in [5.74, 6) is -2.15. The van der Waals surface area contributed by atoms with Crippen LogP contribution in [0.4, 0.5) is 13.2 Å². The Morgan fingerprint density at radius 2 is 2.20 bits per heavy atom. The summed E-state index contributed by atoms with van der Waals surface area (Å²) in [6, 6.07) is 0. The van der Waals surface area contributed by atoms with Crippen molar-refractivity contribution in [2.24, 2.45) is 0 Å². The van der Waals surface area contributed by atoms with Gasteiger partial charge in [0.05, 0.1) is 12.7 Å². The number of aromatic nitrogens is 2. The highest BCUT2D eigenvalue weighted by Crippen LogP contribution is 2.43. The molecular formula is C12H13F3N2O3. The lowest BCUT2D eigenvalue weighted by atomic mass is 9.92. The zero-order valence-corrected chi connectivity index (χ0v) is 10.6. The van der Waals surface area contributed by atoms with Crippen molar-refractivity contribution in [2.75, 3.05) is 7.11 Å². The monoisotopic (exact) mass is 290 g/mol. The molecule has 0 bridgehead atoms. The molecule has 0 fully saturated rings. The fourth-order valence-electron chi connectivity index (χ4n) is 1.62. The van der Waals surface area contributed by atoms with Crippen molar-refractivity contribution >= 4 is 5.97 Å². The van der Waals surface area contributed by atoms with E-state index in [1.807, 2.05) is 0 Å². The fraction of sp³-hybridized carbons (Fsp3) is 0.333. The maximum absolute atomic E-state index is 13.2. The number of carbonyl (C=O) groups excluding carboxylic acids is 1. The van der Waals surface area contributed by atoms with Crippen LogP contribution in [-0.4, -0.2) is 33.9 Å². The van der Waals surface area contributed by atoms with E-state index in [-0.39, 0.29) is 6.54 Å². The molecule has 1 aromatic rings. The summed E-state index contributed by atoms with van der Waals surface area (Å²) in [6.07, 6.45) is -1.58. The average Bonchev–Trinajstić information content (AvgIpc) is 2.83. The number of allylic oxidation sites excluding steroid dienone is 1. The maximum atomic E-state index is 13.2. The van der Waals surface area contributed by atoms with E-state index < -0.39 is 29.1 Å². The molecule has 0 amide bonds. The number of hydrogen-bond donors (Lipinski definition) is 1. The molecule has 1 atom stereocenters. The lowest BCUT2D eigenvalue weighted by molar-refractivity contribution is -0.254. The minimum atomic E-state index is -5.19. The number of nitrogens with zero attached hydrogens (tertiary/aromatic N) is 2. The Morgan fingerprint density at radius 1 is 1.60 bits per heavy atom. The molecule has 5 nitrogen and oxygen atoms in total. The molecule has 0 radical (unpaired) electrons. The Labute approximate surface area is 113 Å². The molecule has 0 aliphatic heterocycles. The second kappa shape index (κ2) is 5.49. The molecular weight excluding hydrogens is 277 g/mol. The van der Waals surface area contributed by atoms with Gasteiger partial charge in [-0.25, -0.2) is 9.78 Å². The smallest absolute Gasteiger partial charge is 0.429 e. The molecule has 0 saturated carbocycles. The molecule has 8 heteroatoms. The van der Waals surface area contributed by atoms with E-state index in [2.05, 4.69) is 22.9 Å². The number of hydrogen-bond acceptors (Lipinski definition) is 4. The summed E-state index contributed by atoms with van der Waals surface area (Å²) >= 11 is 0. The Hall–Kier alpha value is -2.09. The second-order valence-electron chi connectivity index (χ2n) is 3.87. The minimum absolute atomic E-state index is 0.0256. The number of ether oxygens (including phenoxy) is 1. The third-order valence-corrected chi connectivity index (χ3v) is 2.64. The molecule has 110 valence electrons. The number of halogens is 3. The molecule has 0 unspecified atom stereocenters. The van der Waals surface area contributed by atoms with Gasteiger partial charge in [0.2, 0.25) is 0 Å². The van der Waals surface area contributed by atoms with Crippen molar-refractivity contribution in [2.45, 2.75) is 18.3 Å². The van der Waals surface area contributed by atoms with E-state index in [9.17, 15) is 23.1 Å². The first-order chi connectivity index (χ1) is 9.20. The Morgan fingerprint density at radius 3 is 2.65 bits per heavy atom. The van der Waals surface area contributed by atoms with Crippen molar-refractivity contribution in [1.29, 1.82) is 0 Å². The molecule has 0 saturated heterocycles. The van der Waals surface area contributed by atoms with Crippen molar-refractivity contribution < 1.29 is 27.8 Å². The highest BCUT2D eigenvalue weighted by Gasteiger charge is 2.61. The lowest BCUT2D eigenvalue weighted by Gasteiger charge is -2.30. The van der Waals surface area contributed by atoms with Gasteiger partial charge in [-0.05, 0) is 0 Å². The van der Waals surface area contributed by atoms with E-state index >= 15 is 0 Å². The van der Waals surface area contributed by atoms with Gasteiger partial charge in [0.15, 0.2) is 5.82 Å². The Balaban J connectivity index is 3.47. The quantitative estimate of drug-likeness (QED) is 0.507. The van der Waals surface area contributed by atoms with Crippen molar-refractivity contribution in [3.8, 4) is 0 Å². The highest BCUT2D eigenvalue weighted by molar-refractivity contribution is 5.90. The summed E-state index contributed by atoms with van der Waals surface area (Å²) in [5.41, 5.74) is -4.80. The summed E-state index contributed by atoms with van der Waals surface area (Å²) in [6.45, 7) is 6.36. The van der Waals surface area contributed by atoms with Gasteiger partial charge in [-0.1, -0.05) is 12.7 Å². The summed E-state index contributed by atoms with van der Waals surface area (Å²) in [5, 5.41) is 10.0. The van der Waals surface area contributed by atoms with Crippen LogP contribution in [0.5, 0.6) is 0 Å². The first kappa shape index (κ1) is 16.0. The maximum Gasteiger partial charge on any atom is 0.429 e. The summed E-state index contributed by atoms with van der Waals surface area (Å²) in [7, 11) is 0.889. The van der Waals surface area contributed by atoms with Crippen molar-refractivity contribution in [3.63, 3.8) is 0 Å². The van der Waals surface area contributed by atoms with Crippen molar-refractivity contribution in [3.05, 3.63) is 43.0 Å². The average molecular weight is 290 g/mol. The van der Waals surface area contributed by atoms with Crippen LogP contribution in [0, 0.1) is 0 Å². The van der Waals surface area contributed by atoms with E-state index in [1.165, 1.54) is 12.3 Å². The SMILES string of the molecule is C=CCn1ccnc1[C@@](O)(C(=C)C(=O)OC)C(F)(F)F. The molecule has 0 aliphatic rings. The predicted octanol–water partition coefficient (Wildman–Crippen LogP) is 1.55. The second-order valence-corrected chi connectivity index (χ2v) is 3.87. The standard InChI is InChI=1S/C12H13F3N2O3/c1-4-6-17-7-5-16-10(17)11(19,12(13,14)15)8(2)9(18)20-3/h4-5,7,19H,1-2,6H2,3H3/t11-/m0/s1. The van der Waals surface area contributed by atoms with Crippen LogP contribution in [0.2, 0.25) is 0 Å². The number of alkyl halides is 3. The van der Waals surface area contributed by atoms with E-state index in [0.29, 0.717) is 0 Å². The Kier molecular flexibility index (Phi) is 4.39. The third kappa shape index (κ3) is 2.46. The van der Waals surface area contributed by atoms with Gasteiger partial charge in [0, 0.05) is 18.9 Å². The normalized spacial score (nSPS) is 14.4. The van der Waals surface area contributed by atoms with Gasteiger partial charge in [0.1, 0.15) is 0 Å². The lowest BCUT2D eigenvalue weighted by Crippen LogP contribution is -2.48. The molecule has 1 rings (SSSR count). The molecule has 1 aromatic heterocycles. The topological polar surface area (TPSA) is 64.3 Å². The summed E-state index contributed by atoms with van der Waals surface area (Å²) < 4.78 is 44.9. The van der Waals surface area contributed by atoms with Crippen LogP contribution in [0.15, 0.2) is 37.2 Å². The largest absolute Gasteiger partial charge is 0.466 e. The highest BCUT2D eigenvalue weighted by atomic mass is 19.4. The van der Waals surface area contributed by atoms with E-state index in [0.717, 1.165) is 17.9 Å². The van der Waals surface area contributed by atoms with Gasteiger partial charge in [-0.15, -0.1) is 6.58 Å². The van der Waals surface area contributed by atoms with Gasteiger partial charge >= 0.3 is 12.1 Å².